The zero-order valence-electron chi connectivity index (χ0n) is 13.7. The van der Waals surface area contributed by atoms with Crippen LogP contribution < -0.4 is 10.1 Å². The molecular formula is C19H19BrN2O3. The average molecular weight is 403 g/mol. The normalized spacial score (nSPS) is 16.8. The maximum absolute atomic E-state index is 12.4. The first kappa shape index (κ1) is 17.5. The molecule has 0 spiro atoms. The Morgan fingerprint density at radius 1 is 1.08 bits per heavy atom. The Balaban J connectivity index is 1.49. The number of hydrogen-bond donors (Lipinski definition) is 1. The molecule has 25 heavy (non-hydrogen) atoms. The fourth-order valence-electron chi connectivity index (χ4n) is 2.75. The van der Waals surface area contributed by atoms with Crippen LogP contribution in [-0.4, -0.2) is 36.0 Å². The molecule has 3 rings (SSSR count). The highest BCUT2D eigenvalue weighted by molar-refractivity contribution is 9.10. The number of nitrogens with zero attached hydrogens (tertiary/aromatic N) is 1. The maximum atomic E-state index is 12.4. The van der Waals surface area contributed by atoms with Gasteiger partial charge in [-0.3, -0.25) is 9.69 Å². The minimum atomic E-state index is -0.460. The van der Waals surface area contributed by atoms with Crippen molar-refractivity contribution in [2.45, 2.75) is 18.9 Å². The highest BCUT2D eigenvalue weighted by Gasteiger charge is 2.37. The number of benzene rings is 2. The summed E-state index contributed by atoms with van der Waals surface area (Å²) in [6.45, 7) is 0.500. The third-order valence-electron chi connectivity index (χ3n) is 4.05. The molecule has 1 aliphatic heterocycles. The van der Waals surface area contributed by atoms with Crippen molar-refractivity contribution in [1.29, 1.82) is 0 Å². The number of amides is 3. The molecule has 6 heteroatoms. The topological polar surface area (TPSA) is 58.6 Å². The number of aryl methyl sites for hydroxylation is 1. The van der Waals surface area contributed by atoms with Crippen LogP contribution in [0.1, 0.15) is 12.0 Å². The fraction of sp³-hybridized carbons (Fsp3) is 0.263. The Morgan fingerprint density at radius 3 is 2.64 bits per heavy atom. The summed E-state index contributed by atoms with van der Waals surface area (Å²) < 4.78 is 6.52. The molecule has 5 nitrogen and oxygen atoms in total. The third kappa shape index (κ3) is 4.60. The second-order valence-corrected chi connectivity index (χ2v) is 6.74. The molecule has 1 aliphatic rings. The summed E-state index contributed by atoms with van der Waals surface area (Å²) in [5, 5.41) is 2.76. The van der Waals surface area contributed by atoms with E-state index in [0.717, 1.165) is 16.5 Å². The summed E-state index contributed by atoms with van der Waals surface area (Å²) in [5.74, 6) is 0.515. The Bertz CT molecular complexity index is 751. The summed E-state index contributed by atoms with van der Waals surface area (Å²) in [6.07, 6.45) is 1.34. The Labute approximate surface area is 155 Å². The average Bonchev–Trinajstić information content (AvgIpc) is 2.88. The van der Waals surface area contributed by atoms with Gasteiger partial charge in [0.25, 0.3) is 5.91 Å². The van der Waals surface area contributed by atoms with Crippen LogP contribution >= 0.6 is 15.9 Å². The molecule has 0 bridgehead atoms. The minimum absolute atomic E-state index is 0.182. The van der Waals surface area contributed by atoms with Crippen LogP contribution in [0.4, 0.5) is 4.79 Å². The number of carbonyl (C=O) groups excluding carboxylic acids is 2. The van der Waals surface area contributed by atoms with E-state index in [9.17, 15) is 9.59 Å². The van der Waals surface area contributed by atoms with E-state index in [2.05, 4.69) is 21.2 Å². The lowest BCUT2D eigenvalue weighted by atomic mass is 10.1. The maximum Gasteiger partial charge on any atom is 0.324 e. The van der Waals surface area contributed by atoms with E-state index < -0.39 is 6.04 Å². The lowest BCUT2D eigenvalue weighted by Crippen LogP contribution is -2.35. The van der Waals surface area contributed by atoms with Gasteiger partial charge in [-0.1, -0.05) is 52.3 Å². The van der Waals surface area contributed by atoms with Crippen molar-refractivity contribution in [3.8, 4) is 5.75 Å². The van der Waals surface area contributed by atoms with E-state index in [-0.39, 0.29) is 25.1 Å². The molecule has 130 valence electrons. The molecule has 1 saturated heterocycles. The van der Waals surface area contributed by atoms with Crippen molar-refractivity contribution < 1.29 is 14.3 Å². The van der Waals surface area contributed by atoms with E-state index in [1.165, 1.54) is 4.90 Å². The van der Waals surface area contributed by atoms with E-state index in [1.54, 1.807) is 0 Å². The number of ether oxygens (including phenoxy) is 1. The first-order chi connectivity index (χ1) is 12.1. The lowest BCUT2D eigenvalue weighted by molar-refractivity contribution is -0.127. The molecule has 0 saturated carbocycles. The molecule has 1 fully saturated rings. The number of urea groups is 1. The van der Waals surface area contributed by atoms with Crippen molar-refractivity contribution in [1.82, 2.24) is 10.2 Å². The smallest absolute Gasteiger partial charge is 0.324 e. The zero-order chi connectivity index (χ0) is 17.6. The molecular weight excluding hydrogens is 384 g/mol. The summed E-state index contributed by atoms with van der Waals surface area (Å²) in [6, 6.07) is 16.6. The number of carbonyl (C=O) groups is 2. The van der Waals surface area contributed by atoms with E-state index in [1.807, 2.05) is 54.6 Å². The van der Waals surface area contributed by atoms with Gasteiger partial charge >= 0.3 is 6.03 Å². The minimum Gasteiger partial charge on any atom is -0.492 e. The number of halogens is 1. The standard InChI is InChI=1S/C19H19BrN2O3/c20-15-7-4-8-16(13-15)25-12-11-22-18(23)17(21-19(22)24)10-9-14-5-2-1-3-6-14/h1-8,13,17H,9-12H2,(H,21,24)/t17-/m1/s1. The summed E-state index contributed by atoms with van der Waals surface area (Å²) >= 11 is 3.38. The second kappa shape index (κ2) is 8.16. The molecule has 1 atom stereocenters. The van der Waals surface area contributed by atoms with Crippen LogP contribution in [0.3, 0.4) is 0 Å². The number of imide groups is 1. The number of rotatable bonds is 7. The van der Waals surface area contributed by atoms with Crippen molar-refractivity contribution in [2.24, 2.45) is 0 Å². The van der Waals surface area contributed by atoms with Gasteiger partial charge in [-0.05, 0) is 36.6 Å². The molecule has 1 N–H and O–H groups in total. The van der Waals surface area contributed by atoms with E-state index >= 15 is 0 Å². The highest BCUT2D eigenvalue weighted by atomic mass is 79.9. The van der Waals surface area contributed by atoms with Gasteiger partial charge in [0.05, 0.1) is 6.54 Å². The van der Waals surface area contributed by atoms with Crippen LogP contribution in [0.2, 0.25) is 0 Å². The predicted molar refractivity (Wildman–Crippen MR) is 98.4 cm³/mol. The number of hydrogen-bond acceptors (Lipinski definition) is 3. The van der Waals surface area contributed by atoms with Crippen LogP contribution in [0.15, 0.2) is 59.1 Å². The van der Waals surface area contributed by atoms with Crippen LogP contribution in [0, 0.1) is 0 Å². The quantitative estimate of drug-likeness (QED) is 0.722. The van der Waals surface area contributed by atoms with Gasteiger partial charge in [-0.25, -0.2) is 4.79 Å². The second-order valence-electron chi connectivity index (χ2n) is 5.82. The van der Waals surface area contributed by atoms with E-state index in [0.29, 0.717) is 12.2 Å². The van der Waals surface area contributed by atoms with Crippen LogP contribution in [0.5, 0.6) is 5.75 Å². The Morgan fingerprint density at radius 2 is 1.88 bits per heavy atom. The largest absolute Gasteiger partial charge is 0.492 e. The zero-order valence-corrected chi connectivity index (χ0v) is 15.2. The summed E-state index contributed by atoms with van der Waals surface area (Å²) in [5.41, 5.74) is 1.15. The Hall–Kier alpha value is -2.34. The molecule has 0 aliphatic carbocycles. The van der Waals surface area contributed by atoms with Crippen molar-refractivity contribution in [3.63, 3.8) is 0 Å². The van der Waals surface area contributed by atoms with E-state index in [4.69, 9.17) is 4.74 Å². The highest BCUT2D eigenvalue weighted by Crippen LogP contribution is 2.18. The van der Waals surface area contributed by atoms with Crippen molar-refractivity contribution >= 4 is 27.9 Å². The van der Waals surface area contributed by atoms with Gasteiger partial charge in [-0.2, -0.15) is 0 Å². The molecule has 0 radical (unpaired) electrons. The van der Waals surface area contributed by atoms with Crippen molar-refractivity contribution in [2.75, 3.05) is 13.2 Å². The van der Waals surface area contributed by atoms with Gasteiger partial charge in [0.2, 0.25) is 0 Å². The van der Waals surface area contributed by atoms with Crippen molar-refractivity contribution in [3.05, 3.63) is 64.6 Å². The first-order valence-electron chi connectivity index (χ1n) is 8.17. The van der Waals surface area contributed by atoms with Crippen LogP contribution in [0.25, 0.3) is 0 Å². The SMILES string of the molecule is O=C1N[C@H](CCc2ccccc2)C(=O)N1CCOc1cccc(Br)c1. The third-order valence-corrected chi connectivity index (χ3v) is 4.54. The lowest BCUT2D eigenvalue weighted by Gasteiger charge is -2.14. The van der Waals surface area contributed by atoms with Gasteiger partial charge in [0.1, 0.15) is 18.4 Å². The molecule has 2 aromatic carbocycles. The summed E-state index contributed by atoms with van der Waals surface area (Å²) in [7, 11) is 0. The molecule has 1 heterocycles. The predicted octanol–water partition coefficient (Wildman–Crippen LogP) is 3.38. The van der Waals surface area contributed by atoms with Crippen LogP contribution in [-0.2, 0) is 11.2 Å². The molecule has 2 aromatic rings. The first-order valence-corrected chi connectivity index (χ1v) is 8.97. The molecule has 0 unspecified atom stereocenters. The molecule has 0 aromatic heterocycles. The van der Waals surface area contributed by atoms with Gasteiger partial charge < -0.3 is 10.1 Å². The molecule has 3 amide bonds. The number of nitrogens with one attached hydrogen (secondary N) is 1. The van der Waals surface area contributed by atoms with Gasteiger partial charge in [0.15, 0.2) is 0 Å². The fourth-order valence-corrected chi connectivity index (χ4v) is 3.13. The summed E-state index contributed by atoms with van der Waals surface area (Å²) in [4.78, 5) is 25.7. The monoisotopic (exact) mass is 402 g/mol. The van der Waals surface area contributed by atoms with Gasteiger partial charge in [0, 0.05) is 4.47 Å². The van der Waals surface area contributed by atoms with Gasteiger partial charge in [-0.15, -0.1) is 0 Å². The Kier molecular flexibility index (Phi) is 5.71.